The molecule has 2 rings (SSSR count). The third kappa shape index (κ3) is 2.86. The van der Waals surface area contributed by atoms with Gasteiger partial charge in [0.2, 0.25) is 0 Å². The third-order valence-electron chi connectivity index (χ3n) is 3.43. The minimum absolute atomic E-state index is 0.346. The van der Waals surface area contributed by atoms with E-state index in [4.69, 9.17) is 4.42 Å². The molecule has 1 aliphatic rings. The van der Waals surface area contributed by atoms with Crippen molar-refractivity contribution in [3.63, 3.8) is 0 Å². The second-order valence-electron chi connectivity index (χ2n) is 4.80. The van der Waals surface area contributed by atoms with E-state index in [1.54, 1.807) is 6.26 Å². The first kappa shape index (κ1) is 11.7. The molecule has 1 atom stereocenters. The zero-order valence-electron chi connectivity index (χ0n) is 10.1. The van der Waals surface area contributed by atoms with E-state index in [0.717, 1.165) is 13.1 Å². The summed E-state index contributed by atoms with van der Waals surface area (Å²) in [5, 5.41) is 7.20. The van der Waals surface area contributed by atoms with Crippen LogP contribution in [0.4, 0.5) is 0 Å². The number of hydrogen-bond donors (Lipinski definition) is 2. The van der Waals surface area contributed by atoms with E-state index < -0.39 is 0 Å². The summed E-state index contributed by atoms with van der Waals surface area (Å²) < 4.78 is 5.05. The first-order chi connectivity index (χ1) is 7.85. The highest BCUT2D eigenvalue weighted by Crippen LogP contribution is 2.23. The lowest BCUT2D eigenvalue weighted by Gasteiger charge is -2.29. The fourth-order valence-corrected chi connectivity index (χ4v) is 2.64. The molecule has 1 saturated heterocycles. The summed E-state index contributed by atoms with van der Waals surface area (Å²) in [6.45, 7) is 5.40. The van der Waals surface area contributed by atoms with Gasteiger partial charge in [-0.1, -0.05) is 13.3 Å². The van der Waals surface area contributed by atoms with Crippen LogP contribution in [-0.4, -0.2) is 18.6 Å². The lowest BCUT2D eigenvalue weighted by atomic mass is 9.92. The molecule has 3 nitrogen and oxygen atoms in total. The molecule has 16 heavy (non-hydrogen) atoms. The standard InChI is InChI=1S/C13H22N2O/c1-2-5-13(6-3-7-15-13)11-14-9-12-4-8-16-10-12/h4,8,10,14-15H,2-3,5-7,9,11H2,1H3. The van der Waals surface area contributed by atoms with Crippen LogP contribution in [0.3, 0.4) is 0 Å². The van der Waals surface area contributed by atoms with Gasteiger partial charge in [-0.25, -0.2) is 0 Å². The Balaban J connectivity index is 1.78. The van der Waals surface area contributed by atoms with Crippen LogP contribution in [0.1, 0.15) is 38.2 Å². The van der Waals surface area contributed by atoms with Gasteiger partial charge in [-0.15, -0.1) is 0 Å². The van der Waals surface area contributed by atoms with E-state index in [2.05, 4.69) is 17.6 Å². The van der Waals surface area contributed by atoms with Gasteiger partial charge in [-0.05, 0) is 31.9 Å². The largest absolute Gasteiger partial charge is 0.472 e. The zero-order valence-corrected chi connectivity index (χ0v) is 10.1. The van der Waals surface area contributed by atoms with Crippen LogP contribution in [0.5, 0.6) is 0 Å². The van der Waals surface area contributed by atoms with Crippen molar-refractivity contribution in [1.82, 2.24) is 10.6 Å². The Hall–Kier alpha value is -0.800. The van der Waals surface area contributed by atoms with E-state index in [1.807, 2.05) is 12.3 Å². The maximum absolute atomic E-state index is 5.05. The number of furan rings is 1. The molecule has 1 unspecified atom stereocenters. The van der Waals surface area contributed by atoms with E-state index in [0.29, 0.717) is 5.54 Å². The second-order valence-corrected chi connectivity index (χ2v) is 4.80. The third-order valence-corrected chi connectivity index (χ3v) is 3.43. The van der Waals surface area contributed by atoms with Gasteiger partial charge in [0.1, 0.15) is 0 Å². The van der Waals surface area contributed by atoms with E-state index in [-0.39, 0.29) is 0 Å². The van der Waals surface area contributed by atoms with Crippen molar-refractivity contribution in [3.05, 3.63) is 24.2 Å². The van der Waals surface area contributed by atoms with E-state index in [9.17, 15) is 0 Å². The number of nitrogens with one attached hydrogen (secondary N) is 2. The molecule has 0 aliphatic carbocycles. The van der Waals surface area contributed by atoms with Crippen LogP contribution in [-0.2, 0) is 6.54 Å². The number of rotatable bonds is 6. The minimum atomic E-state index is 0.346. The Morgan fingerprint density at radius 2 is 2.50 bits per heavy atom. The summed E-state index contributed by atoms with van der Waals surface area (Å²) in [4.78, 5) is 0. The smallest absolute Gasteiger partial charge is 0.0947 e. The van der Waals surface area contributed by atoms with Gasteiger partial charge in [0.05, 0.1) is 12.5 Å². The molecule has 0 spiro atoms. The van der Waals surface area contributed by atoms with Crippen molar-refractivity contribution in [3.8, 4) is 0 Å². The molecule has 1 fully saturated rings. The molecule has 3 heteroatoms. The molecule has 1 aromatic rings. The predicted octanol–water partition coefficient (Wildman–Crippen LogP) is 2.29. The molecule has 0 bridgehead atoms. The summed E-state index contributed by atoms with van der Waals surface area (Å²) in [5.74, 6) is 0. The summed E-state index contributed by atoms with van der Waals surface area (Å²) in [5.41, 5.74) is 1.57. The second kappa shape index (κ2) is 5.51. The Kier molecular flexibility index (Phi) is 4.02. The van der Waals surface area contributed by atoms with Gasteiger partial charge >= 0.3 is 0 Å². The van der Waals surface area contributed by atoms with Crippen LogP contribution in [0, 0.1) is 0 Å². The monoisotopic (exact) mass is 222 g/mol. The predicted molar refractivity (Wildman–Crippen MR) is 65.3 cm³/mol. The topological polar surface area (TPSA) is 37.2 Å². The van der Waals surface area contributed by atoms with Crippen molar-refractivity contribution < 1.29 is 4.42 Å². The molecule has 0 aromatic carbocycles. The highest BCUT2D eigenvalue weighted by molar-refractivity contribution is 5.05. The Labute approximate surface area is 97.6 Å². The molecule has 1 aromatic heterocycles. The highest BCUT2D eigenvalue weighted by atomic mass is 16.3. The average molecular weight is 222 g/mol. The van der Waals surface area contributed by atoms with Crippen LogP contribution in [0.25, 0.3) is 0 Å². The van der Waals surface area contributed by atoms with E-state index in [1.165, 1.54) is 37.8 Å². The first-order valence-electron chi connectivity index (χ1n) is 6.31. The van der Waals surface area contributed by atoms with Crippen LogP contribution in [0.15, 0.2) is 23.0 Å². The fourth-order valence-electron chi connectivity index (χ4n) is 2.64. The molecular formula is C13H22N2O. The Morgan fingerprint density at radius 1 is 1.56 bits per heavy atom. The van der Waals surface area contributed by atoms with Crippen molar-refractivity contribution >= 4 is 0 Å². The molecule has 1 aliphatic heterocycles. The summed E-state index contributed by atoms with van der Waals surface area (Å²) >= 11 is 0. The van der Waals surface area contributed by atoms with Gasteiger partial charge in [0, 0.05) is 24.2 Å². The normalized spacial score (nSPS) is 25.1. The maximum atomic E-state index is 5.05. The average Bonchev–Trinajstić information content (AvgIpc) is 2.90. The van der Waals surface area contributed by atoms with Gasteiger partial charge in [-0.3, -0.25) is 0 Å². The molecule has 2 heterocycles. The summed E-state index contributed by atoms with van der Waals surface area (Å²) in [6, 6.07) is 2.02. The van der Waals surface area contributed by atoms with Gasteiger partial charge in [-0.2, -0.15) is 0 Å². The summed E-state index contributed by atoms with van der Waals surface area (Å²) in [7, 11) is 0. The number of hydrogen-bond acceptors (Lipinski definition) is 3. The van der Waals surface area contributed by atoms with Crippen LogP contribution >= 0.6 is 0 Å². The molecule has 0 radical (unpaired) electrons. The molecule has 2 N–H and O–H groups in total. The lowest BCUT2D eigenvalue weighted by Crippen LogP contribution is -2.48. The fraction of sp³-hybridized carbons (Fsp3) is 0.692. The zero-order chi connectivity index (χ0) is 11.3. The van der Waals surface area contributed by atoms with Gasteiger partial charge in [0.15, 0.2) is 0 Å². The lowest BCUT2D eigenvalue weighted by molar-refractivity contribution is 0.324. The quantitative estimate of drug-likeness (QED) is 0.775. The molecule has 90 valence electrons. The highest BCUT2D eigenvalue weighted by Gasteiger charge is 2.31. The summed E-state index contributed by atoms with van der Waals surface area (Å²) in [6.07, 6.45) is 8.67. The Bertz CT molecular complexity index is 289. The van der Waals surface area contributed by atoms with Gasteiger partial charge in [0.25, 0.3) is 0 Å². The van der Waals surface area contributed by atoms with Crippen LogP contribution < -0.4 is 10.6 Å². The first-order valence-corrected chi connectivity index (χ1v) is 6.31. The SMILES string of the molecule is CCCC1(CNCc2ccoc2)CCCN1. The van der Waals surface area contributed by atoms with Crippen molar-refractivity contribution in [2.45, 2.75) is 44.7 Å². The van der Waals surface area contributed by atoms with Crippen LogP contribution in [0.2, 0.25) is 0 Å². The van der Waals surface area contributed by atoms with Crippen molar-refractivity contribution in [2.24, 2.45) is 0 Å². The molecular weight excluding hydrogens is 200 g/mol. The molecule has 0 amide bonds. The Morgan fingerprint density at radius 3 is 3.12 bits per heavy atom. The maximum Gasteiger partial charge on any atom is 0.0947 e. The van der Waals surface area contributed by atoms with Crippen molar-refractivity contribution in [1.29, 1.82) is 0 Å². The van der Waals surface area contributed by atoms with Gasteiger partial charge < -0.3 is 15.1 Å². The van der Waals surface area contributed by atoms with E-state index >= 15 is 0 Å². The minimum Gasteiger partial charge on any atom is -0.472 e. The molecule has 0 saturated carbocycles. The van der Waals surface area contributed by atoms with Crippen molar-refractivity contribution in [2.75, 3.05) is 13.1 Å².